The Morgan fingerprint density at radius 2 is 1.84 bits per heavy atom. The van der Waals surface area contributed by atoms with E-state index in [1.54, 1.807) is 28.7 Å². The maximum Gasteiger partial charge on any atom is 0.311 e. The molecular formula is C29H36N2O6S. The molecule has 204 valence electrons. The van der Waals surface area contributed by atoms with Crippen LogP contribution in [0, 0.1) is 11.8 Å². The molecule has 4 aliphatic heterocycles. The van der Waals surface area contributed by atoms with Crippen molar-refractivity contribution in [3.05, 3.63) is 48.6 Å². The van der Waals surface area contributed by atoms with Gasteiger partial charge in [0.25, 0.3) is 5.91 Å². The fourth-order valence-electron chi connectivity index (χ4n) is 6.44. The topological polar surface area (TPSA) is 96.4 Å². The highest BCUT2D eigenvalue weighted by Crippen LogP contribution is 2.65. The molecule has 0 aliphatic carbocycles. The van der Waals surface area contributed by atoms with Crippen LogP contribution in [-0.4, -0.2) is 76.7 Å². The number of unbranched alkanes of at least 4 members (excludes halogenated alkanes) is 2. The molecule has 2 amide bonds. The molecule has 1 aromatic rings. The number of nitrogens with zero attached hydrogens (tertiary/aromatic N) is 2. The molecule has 5 rings (SSSR count). The highest BCUT2D eigenvalue weighted by atomic mass is 32.2. The number of benzene rings is 1. The normalized spacial score (nSPS) is 33.4. The van der Waals surface area contributed by atoms with E-state index in [0.717, 1.165) is 24.9 Å². The number of allylic oxidation sites excluding steroid dienone is 1. The number of fused-ring (bicyclic) bond motifs is 2. The van der Waals surface area contributed by atoms with Crippen molar-refractivity contribution in [2.45, 2.75) is 54.6 Å². The summed E-state index contributed by atoms with van der Waals surface area (Å²) in [5, 5.41) is 9.24. The van der Waals surface area contributed by atoms with Gasteiger partial charge in [0.05, 0.1) is 30.3 Å². The van der Waals surface area contributed by atoms with Crippen molar-refractivity contribution in [1.29, 1.82) is 0 Å². The molecule has 1 spiro atoms. The van der Waals surface area contributed by atoms with Gasteiger partial charge in [0.15, 0.2) is 0 Å². The van der Waals surface area contributed by atoms with Gasteiger partial charge in [0, 0.05) is 30.1 Å². The lowest BCUT2D eigenvalue weighted by Gasteiger charge is -2.37. The number of ether oxygens (including phenoxy) is 2. The van der Waals surface area contributed by atoms with Crippen LogP contribution in [-0.2, 0) is 19.1 Å². The number of carbonyl (C=O) groups excluding carboxylic acids is 3. The number of aliphatic hydroxyl groups is 1. The summed E-state index contributed by atoms with van der Waals surface area (Å²) in [5.74, 6) is -1.38. The lowest BCUT2D eigenvalue weighted by Crippen LogP contribution is -2.53. The SMILES string of the molecule is COc1ccc(N2CC=C[C@]34S[C@@]5(C)/C=C\CCCOC(=O)[C@H]5[C@H]3C(=O)N(CCCCCO)C4C2=O)cc1. The van der Waals surface area contributed by atoms with Crippen LogP contribution < -0.4 is 9.64 Å². The quantitative estimate of drug-likeness (QED) is 0.322. The van der Waals surface area contributed by atoms with E-state index >= 15 is 0 Å². The fraction of sp³-hybridized carbons (Fsp3) is 0.552. The number of aliphatic hydroxyl groups excluding tert-OH is 1. The van der Waals surface area contributed by atoms with Crippen molar-refractivity contribution in [2.75, 3.05) is 38.3 Å². The second kappa shape index (κ2) is 10.8. The lowest BCUT2D eigenvalue weighted by molar-refractivity contribution is -0.154. The van der Waals surface area contributed by atoms with E-state index in [2.05, 4.69) is 12.2 Å². The van der Waals surface area contributed by atoms with Crippen LogP contribution in [0.3, 0.4) is 0 Å². The van der Waals surface area contributed by atoms with E-state index in [9.17, 15) is 19.5 Å². The van der Waals surface area contributed by atoms with Crippen LogP contribution in [0.25, 0.3) is 0 Å². The molecule has 4 aliphatic rings. The van der Waals surface area contributed by atoms with Gasteiger partial charge in [0.1, 0.15) is 11.8 Å². The first-order chi connectivity index (χ1) is 18.4. The molecule has 2 fully saturated rings. The first-order valence-electron chi connectivity index (χ1n) is 13.5. The van der Waals surface area contributed by atoms with Gasteiger partial charge in [-0.25, -0.2) is 0 Å². The number of amides is 2. The average Bonchev–Trinajstić information content (AvgIpc) is 3.25. The molecule has 0 bridgehead atoms. The van der Waals surface area contributed by atoms with E-state index in [1.807, 2.05) is 43.3 Å². The van der Waals surface area contributed by atoms with Crippen LogP contribution in [0.2, 0.25) is 0 Å². The number of hydrogen-bond donors (Lipinski definition) is 1. The first kappa shape index (κ1) is 26.8. The smallest absolute Gasteiger partial charge is 0.311 e. The van der Waals surface area contributed by atoms with Crippen molar-refractivity contribution < 1.29 is 29.0 Å². The van der Waals surface area contributed by atoms with Crippen LogP contribution in [0.5, 0.6) is 5.75 Å². The van der Waals surface area contributed by atoms with Gasteiger partial charge >= 0.3 is 5.97 Å². The predicted molar refractivity (Wildman–Crippen MR) is 146 cm³/mol. The highest BCUT2D eigenvalue weighted by Gasteiger charge is 2.73. The second-order valence-corrected chi connectivity index (χ2v) is 12.4. The monoisotopic (exact) mass is 540 g/mol. The van der Waals surface area contributed by atoms with E-state index in [0.29, 0.717) is 38.3 Å². The maximum absolute atomic E-state index is 14.4. The van der Waals surface area contributed by atoms with Crippen LogP contribution in [0.1, 0.15) is 39.0 Å². The zero-order chi connectivity index (χ0) is 26.9. The Morgan fingerprint density at radius 3 is 2.58 bits per heavy atom. The number of rotatable bonds is 7. The molecule has 0 aromatic heterocycles. The van der Waals surface area contributed by atoms with Crippen molar-refractivity contribution in [3.8, 4) is 5.75 Å². The Bertz CT molecular complexity index is 1140. The summed E-state index contributed by atoms with van der Waals surface area (Å²) < 4.78 is 9.39. The molecule has 38 heavy (non-hydrogen) atoms. The molecule has 1 aromatic carbocycles. The molecule has 4 heterocycles. The van der Waals surface area contributed by atoms with Crippen molar-refractivity contribution >= 4 is 35.2 Å². The summed E-state index contributed by atoms with van der Waals surface area (Å²) in [7, 11) is 1.60. The second-order valence-electron chi connectivity index (χ2n) is 10.6. The molecule has 9 heteroatoms. The maximum atomic E-state index is 14.4. The van der Waals surface area contributed by atoms with Gasteiger partial charge in [-0.1, -0.05) is 24.3 Å². The summed E-state index contributed by atoms with van der Waals surface area (Å²) in [5.41, 5.74) is 0.727. The minimum Gasteiger partial charge on any atom is -0.497 e. The third-order valence-electron chi connectivity index (χ3n) is 8.19. The molecule has 1 N–H and O–H groups in total. The number of esters is 1. The van der Waals surface area contributed by atoms with Crippen molar-refractivity contribution in [3.63, 3.8) is 0 Å². The number of methoxy groups -OCH3 is 1. The number of likely N-dealkylation sites (tertiary alicyclic amines) is 1. The van der Waals surface area contributed by atoms with Crippen LogP contribution in [0.15, 0.2) is 48.6 Å². The molecule has 8 nitrogen and oxygen atoms in total. The number of anilines is 1. The van der Waals surface area contributed by atoms with Gasteiger partial charge in [-0.15, -0.1) is 11.8 Å². The Morgan fingerprint density at radius 1 is 1.05 bits per heavy atom. The van der Waals surface area contributed by atoms with Gasteiger partial charge < -0.3 is 24.4 Å². The Kier molecular flexibility index (Phi) is 7.60. The minimum atomic E-state index is -0.895. The average molecular weight is 541 g/mol. The summed E-state index contributed by atoms with van der Waals surface area (Å²) in [4.78, 5) is 45.6. The Labute approximate surface area is 228 Å². The molecule has 1 unspecified atom stereocenters. The molecule has 5 atom stereocenters. The van der Waals surface area contributed by atoms with E-state index in [1.165, 1.54) is 0 Å². The van der Waals surface area contributed by atoms with E-state index < -0.39 is 27.4 Å². The third-order valence-corrected chi connectivity index (χ3v) is 9.99. The van der Waals surface area contributed by atoms with Gasteiger partial charge in [0.2, 0.25) is 5.91 Å². The number of cyclic esters (lactones) is 1. The van der Waals surface area contributed by atoms with Crippen LogP contribution in [0.4, 0.5) is 5.69 Å². The van der Waals surface area contributed by atoms with Gasteiger partial charge in [-0.3, -0.25) is 14.4 Å². The zero-order valence-corrected chi connectivity index (χ0v) is 22.8. The minimum absolute atomic E-state index is 0.0886. The third kappa shape index (κ3) is 4.43. The Balaban J connectivity index is 1.58. The van der Waals surface area contributed by atoms with Gasteiger partial charge in [-0.2, -0.15) is 0 Å². The van der Waals surface area contributed by atoms with Crippen molar-refractivity contribution in [1.82, 2.24) is 4.90 Å². The number of hydrogen-bond acceptors (Lipinski definition) is 7. The fourth-order valence-corrected chi connectivity index (χ4v) is 8.59. The number of thioether (sulfide) groups is 1. The molecule has 2 saturated heterocycles. The van der Waals surface area contributed by atoms with Gasteiger partial charge in [-0.05, 0) is 63.3 Å². The summed E-state index contributed by atoms with van der Waals surface area (Å²) in [6.45, 7) is 3.17. The zero-order valence-electron chi connectivity index (χ0n) is 22.0. The summed E-state index contributed by atoms with van der Waals surface area (Å²) in [6, 6.07) is 6.58. The van der Waals surface area contributed by atoms with Crippen LogP contribution >= 0.6 is 11.8 Å². The summed E-state index contributed by atoms with van der Waals surface area (Å²) >= 11 is 1.56. The lowest BCUT2D eigenvalue weighted by atomic mass is 9.74. The molecule has 0 saturated carbocycles. The molecular weight excluding hydrogens is 504 g/mol. The number of carbonyl (C=O) groups is 3. The Hall–Kier alpha value is -2.78. The first-order valence-corrected chi connectivity index (χ1v) is 14.3. The predicted octanol–water partition coefficient (Wildman–Crippen LogP) is 3.34. The van der Waals surface area contributed by atoms with E-state index in [-0.39, 0.29) is 24.4 Å². The largest absolute Gasteiger partial charge is 0.497 e. The molecule has 0 radical (unpaired) electrons. The highest BCUT2D eigenvalue weighted by molar-refractivity contribution is 8.02. The van der Waals surface area contributed by atoms with E-state index in [4.69, 9.17) is 9.47 Å². The van der Waals surface area contributed by atoms with Crippen molar-refractivity contribution in [2.24, 2.45) is 11.8 Å². The summed E-state index contributed by atoms with van der Waals surface area (Å²) in [6.07, 6.45) is 11.7. The standard InChI is InChI=1S/C29H36N2O6S/c1-28-14-5-3-8-19-37-27(35)23(28)22-25(33)31(16-6-4-7-18-32)24-26(34)30(17-9-15-29(22,24)38-28)20-10-12-21(36-2)13-11-20/h5,9-15,22-24,32H,3-4,6-8,16-19H2,1-2H3/b14-5-/t22-,23+,24?,28-,29-/m0/s1.